The molecular formula is C18H18N6O4S2. The van der Waals surface area contributed by atoms with E-state index in [0.29, 0.717) is 32.1 Å². The maximum atomic E-state index is 13.0. The van der Waals surface area contributed by atoms with E-state index in [1.807, 2.05) is 23.1 Å². The number of sulfonamides is 1. The van der Waals surface area contributed by atoms with Crippen molar-refractivity contribution in [3.63, 3.8) is 0 Å². The van der Waals surface area contributed by atoms with Gasteiger partial charge in [-0.1, -0.05) is 6.07 Å². The Bertz CT molecular complexity index is 1130. The number of carbonyl (C=O) groups is 1. The Kier molecular flexibility index (Phi) is 5.72. The molecule has 1 saturated heterocycles. The molecule has 0 unspecified atom stereocenters. The highest BCUT2D eigenvalue weighted by atomic mass is 32.2. The fraction of sp³-hybridized carbons (Fsp3) is 0.222. The molecule has 0 aliphatic carbocycles. The molecule has 2 N–H and O–H groups in total. The Balaban J connectivity index is 1.43. The van der Waals surface area contributed by atoms with Crippen LogP contribution >= 0.6 is 11.3 Å². The van der Waals surface area contributed by atoms with Gasteiger partial charge in [0.1, 0.15) is 4.21 Å². The molecule has 10 nitrogen and oxygen atoms in total. The first kappa shape index (κ1) is 20.3. The van der Waals surface area contributed by atoms with Crippen LogP contribution in [0, 0.1) is 0 Å². The van der Waals surface area contributed by atoms with Crippen molar-refractivity contribution >= 4 is 33.2 Å². The molecule has 1 fully saturated rings. The van der Waals surface area contributed by atoms with E-state index >= 15 is 0 Å². The lowest BCUT2D eigenvalue weighted by atomic mass is 10.3. The molecule has 12 heteroatoms. The van der Waals surface area contributed by atoms with Gasteiger partial charge >= 0.3 is 0 Å². The number of nitrogens with zero attached hydrogens (tertiary/aromatic N) is 5. The summed E-state index contributed by atoms with van der Waals surface area (Å²) in [5.41, 5.74) is 2.39. The molecule has 3 aromatic heterocycles. The van der Waals surface area contributed by atoms with E-state index in [1.165, 1.54) is 33.5 Å². The first-order valence-electron chi connectivity index (χ1n) is 9.02. The number of hydrogen-bond acceptors (Lipinski definition) is 9. The van der Waals surface area contributed by atoms with Crippen LogP contribution in [0.4, 0.5) is 5.95 Å². The highest BCUT2D eigenvalue weighted by Crippen LogP contribution is 2.31. The van der Waals surface area contributed by atoms with Crippen molar-refractivity contribution in [2.75, 3.05) is 31.1 Å². The molecule has 3 aromatic rings. The van der Waals surface area contributed by atoms with Crippen LogP contribution in [0.15, 0.2) is 53.1 Å². The molecule has 1 amide bonds. The van der Waals surface area contributed by atoms with Crippen molar-refractivity contribution in [3.8, 4) is 10.6 Å². The highest BCUT2D eigenvalue weighted by Gasteiger charge is 2.30. The number of pyridine rings is 1. The summed E-state index contributed by atoms with van der Waals surface area (Å²) in [6.45, 7) is 1.43. The molecule has 156 valence electrons. The zero-order valence-corrected chi connectivity index (χ0v) is 17.3. The van der Waals surface area contributed by atoms with Crippen molar-refractivity contribution in [1.82, 2.24) is 24.7 Å². The van der Waals surface area contributed by atoms with E-state index in [-0.39, 0.29) is 9.77 Å². The fourth-order valence-electron chi connectivity index (χ4n) is 3.03. The van der Waals surface area contributed by atoms with Gasteiger partial charge in [0.2, 0.25) is 5.95 Å². The van der Waals surface area contributed by atoms with Gasteiger partial charge in [0.05, 0.1) is 16.1 Å². The summed E-state index contributed by atoms with van der Waals surface area (Å²) in [5.74, 6) is -0.298. The molecule has 1 aliphatic rings. The lowest BCUT2D eigenvalue weighted by Gasteiger charge is -2.33. The number of hydroxylamine groups is 1. The van der Waals surface area contributed by atoms with Gasteiger partial charge in [-0.25, -0.2) is 23.9 Å². The van der Waals surface area contributed by atoms with Crippen LogP contribution in [0.1, 0.15) is 10.4 Å². The maximum Gasteiger partial charge on any atom is 0.277 e. The summed E-state index contributed by atoms with van der Waals surface area (Å²) in [5, 5.41) is 8.64. The summed E-state index contributed by atoms with van der Waals surface area (Å²) in [7, 11) is -3.60. The lowest BCUT2D eigenvalue weighted by molar-refractivity contribution is 0.0705. The molecule has 30 heavy (non-hydrogen) atoms. The number of rotatable bonds is 5. The van der Waals surface area contributed by atoms with Gasteiger partial charge in [0.15, 0.2) is 0 Å². The second-order valence-electron chi connectivity index (χ2n) is 6.44. The first-order chi connectivity index (χ1) is 14.5. The second-order valence-corrected chi connectivity index (χ2v) is 9.69. The number of piperazine rings is 1. The van der Waals surface area contributed by atoms with Crippen LogP contribution in [-0.2, 0) is 10.0 Å². The van der Waals surface area contributed by atoms with Crippen LogP contribution < -0.4 is 10.4 Å². The van der Waals surface area contributed by atoms with E-state index in [9.17, 15) is 13.2 Å². The summed E-state index contributed by atoms with van der Waals surface area (Å²) < 4.78 is 27.8. The fourth-order valence-corrected chi connectivity index (χ4v) is 5.89. The third-order valence-corrected chi connectivity index (χ3v) is 8.09. The van der Waals surface area contributed by atoms with E-state index in [0.717, 1.165) is 10.6 Å². The van der Waals surface area contributed by atoms with E-state index in [4.69, 9.17) is 5.21 Å². The van der Waals surface area contributed by atoms with Gasteiger partial charge in [0.25, 0.3) is 15.9 Å². The van der Waals surface area contributed by atoms with Crippen molar-refractivity contribution in [2.24, 2.45) is 0 Å². The van der Waals surface area contributed by atoms with Gasteiger partial charge < -0.3 is 4.90 Å². The third kappa shape index (κ3) is 4.03. The summed E-state index contributed by atoms with van der Waals surface area (Å²) in [6.07, 6.45) is 4.29. The van der Waals surface area contributed by atoms with Gasteiger partial charge in [-0.3, -0.25) is 15.0 Å². The molecule has 1 aliphatic heterocycles. The SMILES string of the molecule is O=C(NO)c1cnc(N2CCN(S(=O)(=O)c3ccc(-c4ccccn4)s3)CC2)nc1. The standard InChI is InChI=1S/C18H18N6O4S2/c25-17(22-26)13-11-20-18(21-12-13)23-7-9-24(10-8-23)30(27,28)16-5-4-15(29-16)14-3-1-2-6-19-14/h1-6,11-12,26H,7-10H2,(H,22,25). The quantitative estimate of drug-likeness (QED) is 0.442. The normalized spacial score (nSPS) is 15.2. The third-order valence-electron chi connectivity index (χ3n) is 4.62. The Morgan fingerprint density at radius 2 is 1.77 bits per heavy atom. The topological polar surface area (TPSA) is 129 Å². The van der Waals surface area contributed by atoms with Crippen molar-refractivity contribution in [1.29, 1.82) is 0 Å². The highest BCUT2D eigenvalue weighted by molar-refractivity contribution is 7.91. The predicted molar refractivity (Wildman–Crippen MR) is 110 cm³/mol. The average Bonchev–Trinajstić information content (AvgIpc) is 3.31. The van der Waals surface area contributed by atoms with Gasteiger partial charge in [-0.2, -0.15) is 4.31 Å². The molecule has 0 atom stereocenters. The Hall–Kier alpha value is -2.93. The second kappa shape index (κ2) is 8.44. The van der Waals surface area contributed by atoms with Crippen LogP contribution in [-0.4, -0.2) is 65.0 Å². The van der Waals surface area contributed by atoms with Crippen LogP contribution in [0.3, 0.4) is 0 Å². The number of nitrogens with one attached hydrogen (secondary N) is 1. The van der Waals surface area contributed by atoms with Crippen molar-refractivity contribution in [2.45, 2.75) is 4.21 Å². The minimum atomic E-state index is -3.60. The minimum absolute atomic E-state index is 0.129. The summed E-state index contributed by atoms with van der Waals surface area (Å²) in [6, 6.07) is 8.90. The first-order valence-corrected chi connectivity index (χ1v) is 11.3. The van der Waals surface area contributed by atoms with E-state index in [2.05, 4.69) is 15.0 Å². The smallest absolute Gasteiger partial charge is 0.277 e. The van der Waals surface area contributed by atoms with E-state index in [1.54, 1.807) is 18.3 Å². The molecule has 4 rings (SSSR count). The number of aromatic nitrogens is 3. The number of amides is 1. The van der Waals surface area contributed by atoms with Gasteiger partial charge in [0, 0.05) is 44.8 Å². The maximum absolute atomic E-state index is 13.0. The number of thiophene rings is 1. The molecule has 4 heterocycles. The molecule has 0 aromatic carbocycles. The molecule has 0 radical (unpaired) electrons. The molecular weight excluding hydrogens is 428 g/mol. The number of carbonyl (C=O) groups excluding carboxylic acids is 1. The molecule has 0 saturated carbocycles. The predicted octanol–water partition coefficient (Wildman–Crippen LogP) is 1.23. The largest absolute Gasteiger partial charge is 0.338 e. The van der Waals surface area contributed by atoms with Gasteiger partial charge in [-0.05, 0) is 24.3 Å². The lowest BCUT2D eigenvalue weighted by Crippen LogP contribution is -2.49. The minimum Gasteiger partial charge on any atom is -0.338 e. The summed E-state index contributed by atoms with van der Waals surface area (Å²) >= 11 is 1.20. The van der Waals surface area contributed by atoms with Crippen molar-refractivity contribution < 1.29 is 18.4 Å². The molecule has 0 bridgehead atoms. The zero-order chi connectivity index (χ0) is 21.1. The van der Waals surface area contributed by atoms with E-state index < -0.39 is 15.9 Å². The van der Waals surface area contributed by atoms with Gasteiger partial charge in [-0.15, -0.1) is 11.3 Å². The monoisotopic (exact) mass is 446 g/mol. The Morgan fingerprint density at radius 1 is 1.03 bits per heavy atom. The number of anilines is 1. The number of hydrogen-bond donors (Lipinski definition) is 2. The van der Waals surface area contributed by atoms with Crippen LogP contribution in [0.5, 0.6) is 0 Å². The Morgan fingerprint density at radius 3 is 2.40 bits per heavy atom. The zero-order valence-electron chi connectivity index (χ0n) is 15.7. The average molecular weight is 447 g/mol. The Labute approximate surface area is 176 Å². The van der Waals surface area contributed by atoms with Crippen molar-refractivity contribution in [3.05, 3.63) is 54.5 Å². The summed E-state index contributed by atoms with van der Waals surface area (Å²) in [4.78, 5) is 26.5. The van der Waals surface area contributed by atoms with Crippen LogP contribution in [0.25, 0.3) is 10.6 Å². The molecule has 0 spiro atoms. The van der Waals surface area contributed by atoms with Crippen LogP contribution in [0.2, 0.25) is 0 Å².